The number of hydrogen-bond acceptors (Lipinski definition) is 7. The molecule has 1 rings (SSSR count). The second-order valence-electron chi connectivity index (χ2n) is 9.54. The van der Waals surface area contributed by atoms with Crippen molar-refractivity contribution in [2.24, 2.45) is 33.8 Å². The van der Waals surface area contributed by atoms with E-state index in [1.165, 1.54) is 0 Å². The van der Waals surface area contributed by atoms with Crippen molar-refractivity contribution in [2.75, 3.05) is 6.54 Å². The molecule has 1 aromatic rings. The molecule has 1 aromatic carbocycles. The van der Waals surface area contributed by atoms with Gasteiger partial charge < -0.3 is 44.0 Å². The number of benzene rings is 1. The molecule has 12 N–H and O–H groups in total. The van der Waals surface area contributed by atoms with E-state index in [-0.39, 0.29) is 44.1 Å². The van der Waals surface area contributed by atoms with Gasteiger partial charge >= 0.3 is 0 Å². The van der Waals surface area contributed by atoms with E-state index in [1.54, 1.807) is 24.3 Å². The first-order chi connectivity index (χ1) is 18.3. The number of aliphatic hydroxyl groups excluding tert-OH is 1. The molecule has 14 nitrogen and oxygen atoms in total. The summed E-state index contributed by atoms with van der Waals surface area (Å²) in [7, 11) is 0. The molecule has 5 amide bonds. The number of aliphatic imine (C=N–C) groups is 1. The molecule has 0 spiro atoms. The summed E-state index contributed by atoms with van der Waals surface area (Å²) in [5.41, 5.74) is 21.8. The number of rotatable bonds is 17. The smallest absolute Gasteiger partial charge is 0.249 e. The summed E-state index contributed by atoms with van der Waals surface area (Å²) in [4.78, 5) is 65.7. The van der Waals surface area contributed by atoms with E-state index in [0.29, 0.717) is 0 Å². The third-order valence-corrected chi connectivity index (χ3v) is 5.56. The fourth-order valence-electron chi connectivity index (χ4n) is 3.64. The van der Waals surface area contributed by atoms with Gasteiger partial charge in [-0.2, -0.15) is 0 Å². The van der Waals surface area contributed by atoms with Gasteiger partial charge in [-0.3, -0.25) is 29.0 Å². The van der Waals surface area contributed by atoms with Crippen LogP contribution >= 0.6 is 0 Å². The maximum atomic E-state index is 13.2. The predicted octanol–water partition coefficient (Wildman–Crippen LogP) is -2.50. The number of amides is 5. The molecule has 4 atom stereocenters. The first-order valence-corrected chi connectivity index (χ1v) is 12.6. The Bertz CT molecular complexity index is 1010. The van der Waals surface area contributed by atoms with Crippen LogP contribution in [0.25, 0.3) is 0 Å². The Balaban J connectivity index is 3.03. The van der Waals surface area contributed by atoms with Crippen LogP contribution in [0.15, 0.2) is 35.3 Å². The van der Waals surface area contributed by atoms with Gasteiger partial charge in [-0.05, 0) is 30.7 Å². The fraction of sp³-hybridized carbons (Fsp3) is 0.520. The van der Waals surface area contributed by atoms with Gasteiger partial charge in [0, 0.05) is 13.0 Å². The van der Waals surface area contributed by atoms with Gasteiger partial charge in [-0.1, -0.05) is 44.2 Å². The molecule has 0 saturated carbocycles. The second kappa shape index (κ2) is 16.6. The fourth-order valence-corrected chi connectivity index (χ4v) is 3.64. The lowest BCUT2D eigenvalue weighted by Crippen LogP contribution is -2.57. The van der Waals surface area contributed by atoms with Crippen molar-refractivity contribution >= 4 is 35.5 Å². The molecule has 0 unspecified atom stereocenters. The highest BCUT2D eigenvalue weighted by atomic mass is 16.3. The maximum Gasteiger partial charge on any atom is 0.249 e. The summed E-state index contributed by atoms with van der Waals surface area (Å²) in [5.74, 6) is -4.25. The third-order valence-electron chi connectivity index (χ3n) is 5.56. The minimum Gasteiger partial charge on any atom is -0.383 e. The van der Waals surface area contributed by atoms with Crippen molar-refractivity contribution in [1.82, 2.24) is 16.0 Å². The van der Waals surface area contributed by atoms with Crippen LogP contribution in [0, 0.1) is 5.92 Å². The Morgan fingerprint density at radius 1 is 0.846 bits per heavy atom. The van der Waals surface area contributed by atoms with Crippen LogP contribution in [-0.2, 0) is 30.4 Å². The van der Waals surface area contributed by atoms with Crippen molar-refractivity contribution in [3.05, 3.63) is 35.9 Å². The first-order valence-electron chi connectivity index (χ1n) is 12.6. The van der Waals surface area contributed by atoms with E-state index in [2.05, 4.69) is 20.9 Å². The normalized spacial score (nSPS) is 13.8. The summed E-state index contributed by atoms with van der Waals surface area (Å²) in [6.45, 7) is 3.83. The maximum absolute atomic E-state index is 13.2. The highest BCUT2D eigenvalue weighted by Gasteiger charge is 2.31. The van der Waals surface area contributed by atoms with Crippen molar-refractivity contribution in [2.45, 2.75) is 70.2 Å². The second-order valence-corrected chi connectivity index (χ2v) is 9.54. The van der Waals surface area contributed by atoms with Crippen molar-refractivity contribution in [3.8, 4) is 0 Å². The molecule has 0 heterocycles. The Morgan fingerprint density at radius 3 is 1.95 bits per heavy atom. The number of nitrogens with two attached hydrogens (primary N) is 4. The van der Waals surface area contributed by atoms with Gasteiger partial charge in [0.1, 0.15) is 24.2 Å². The molecule has 0 aliphatic rings. The molecule has 0 saturated heterocycles. The van der Waals surface area contributed by atoms with E-state index in [1.807, 2.05) is 19.9 Å². The molecule has 0 radical (unpaired) electrons. The van der Waals surface area contributed by atoms with Crippen LogP contribution < -0.4 is 38.9 Å². The van der Waals surface area contributed by atoms with E-state index in [4.69, 9.17) is 22.9 Å². The quantitative estimate of drug-likeness (QED) is 0.0585. The molecule has 216 valence electrons. The van der Waals surface area contributed by atoms with Crippen molar-refractivity contribution in [1.29, 1.82) is 0 Å². The van der Waals surface area contributed by atoms with Gasteiger partial charge in [0.05, 0.1) is 6.42 Å². The Morgan fingerprint density at radius 2 is 1.41 bits per heavy atom. The zero-order valence-corrected chi connectivity index (χ0v) is 22.3. The van der Waals surface area contributed by atoms with Crippen LogP contribution in [0.5, 0.6) is 0 Å². The van der Waals surface area contributed by atoms with Crippen LogP contribution in [0.3, 0.4) is 0 Å². The van der Waals surface area contributed by atoms with E-state index in [0.717, 1.165) is 5.56 Å². The largest absolute Gasteiger partial charge is 0.383 e. The molecule has 0 aromatic heterocycles. The lowest BCUT2D eigenvalue weighted by atomic mass is 10.0. The number of carbonyl (C=O) groups is 5. The highest BCUT2D eigenvalue weighted by molar-refractivity contribution is 5.95. The monoisotopic (exact) mass is 548 g/mol. The Labute approximate surface area is 227 Å². The number of guanidine groups is 1. The van der Waals surface area contributed by atoms with Crippen LogP contribution in [0.2, 0.25) is 0 Å². The lowest BCUT2D eigenvalue weighted by molar-refractivity contribution is -0.136. The predicted molar refractivity (Wildman–Crippen MR) is 144 cm³/mol. The van der Waals surface area contributed by atoms with Gasteiger partial charge in [0.25, 0.3) is 0 Å². The molecule has 0 aliphatic heterocycles. The summed E-state index contributed by atoms with van der Waals surface area (Å²) >= 11 is 0. The Hall–Kier alpha value is -4.20. The summed E-state index contributed by atoms with van der Waals surface area (Å²) in [6.07, 6.45) is -1.35. The average molecular weight is 549 g/mol. The minimum absolute atomic E-state index is 0.0312. The summed E-state index contributed by atoms with van der Waals surface area (Å²) < 4.78 is 0. The van der Waals surface area contributed by atoms with Gasteiger partial charge in [-0.15, -0.1) is 0 Å². The summed E-state index contributed by atoms with van der Waals surface area (Å²) in [5, 5.41) is 17.9. The molecule has 39 heavy (non-hydrogen) atoms. The number of nitrogens with one attached hydrogen (secondary N) is 3. The van der Waals surface area contributed by atoms with E-state index >= 15 is 0 Å². The first kappa shape index (κ1) is 32.8. The molecule has 0 fully saturated rings. The topological polar surface area (TPSA) is 258 Å². The zero-order valence-electron chi connectivity index (χ0n) is 22.3. The molecule has 14 heteroatoms. The van der Waals surface area contributed by atoms with Gasteiger partial charge in [0.15, 0.2) is 5.96 Å². The molecular weight excluding hydrogens is 508 g/mol. The van der Waals surface area contributed by atoms with Crippen LogP contribution in [-0.4, -0.2) is 71.4 Å². The number of primary amides is 2. The van der Waals surface area contributed by atoms with E-state index in [9.17, 15) is 29.1 Å². The highest BCUT2D eigenvalue weighted by Crippen LogP contribution is 2.09. The molecule has 0 bridgehead atoms. The van der Waals surface area contributed by atoms with Gasteiger partial charge in [-0.25, -0.2) is 0 Å². The average Bonchev–Trinajstić information content (AvgIpc) is 2.84. The van der Waals surface area contributed by atoms with Crippen LogP contribution in [0.1, 0.15) is 45.1 Å². The molecular formula is C25H40N8O6. The summed E-state index contributed by atoms with van der Waals surface area (Å²) in [6, 6.07) is 5.24. The lowest BCUT2D eigenvalue weighted by Gasteiger charge is -2.26. The standard InChI is InChI=1S/C25H40N8O6/c1-14(2)11-18(33-24(39)19(34)12-15-7-4-3-5-8-15)23(38)31-16(9-6-10-30-25(28)29)22(37)32-17(21(27)36)13-20(26)35/h3-5,7-8,14,16-19,34H,6,9-13H2,1-2H3,(H2,26,35)(H2,27,36)(H,31,38)(H,32,37)(H,33,39)(H4,28,29,30)/t16-,17-,18-,19-/m0/s1. The van der Waals surface area contributed by atoms with E-state index < -0.39 is 60.2 Å². The van der Waals surface area contributed by atoms with Gasteiger partial charge in [0.2, 0.25) is 29.5 Å². The SMILES string of the molecule is CC(C)C[C@H](NC(=O)[C@@H](O)Cc1ccccc1)C(=O)N[C@@H](CCCN=C(N)N)C(=O)N[C@@H](CC(N)=O)C(N)=O. The molecule has 0 aliphatic carbocycles. The number of nitrogens with zero attached hydrogens (tertiary/aromatic N) is 1. The number of aliphatic hydroxyl groups is 1. The third kappa shape index (κ3) is 13.2. The minimum atomic E-state index is -1.40. The van der Waals surface area contributed by atoms with Crippen molar-refractivity contribution in [3.63, 3.8) is 0 Å². The van der Waals surface area contributed by atoms with Crippen LogP contribution in [0.4, 0.5) is 0 Å². The van der Waals surface area contributed by atoms with Crippen molar-refractivity contribution < 1.29 is 29.1 Å². The number of hydrogen-bond donors (Lipinski definition) is 8. The number of carbonyl (C=O) groups excluding carboxylic acids is 5. The Kier molecular flexibility index (Phi) is 14.0. The zero-order chi connectivity index (χ0) is 29.5.